The molecule has 1 aliphatic rings. The highest BCUT2D eigenvalue weighted by Crippen LogP contribution is 2.33. The fourth-order valence-corrected chi connectivity index (χ4v) is 3.44. The number of nitrogens with two attached hydrogens (primary N) is 1. The van der Waals surface area contributed by atoms with E-state index in [2.05, 4.69) is 25.6 Å². The van der Waals surface area contributed by atoms with Gasteiger partial charge in [0.15, 0.2) is 0 Å². The quantitative estimate of drug-likeness (QED) is 0.574. The lowest BCUT2D eigenvalue weighted by Crippen LogP contribution is -2.38. The molecule has 2 aromatic heterocycles. The number of nitrogen functional groups attached to an aromatic ring is 1. The van der Waals surface area contributed by atoms with Crippen LogP contribution in [0.2, 0.25) is 5.15 Å². The van der Waals surface area contributed by atoms with Gasteiger partial charge < -0.3 is 15.0 Å². The van der Waals surface area contributed by atoms with Gasteiger partial charge in [-0.3, -0.25) is 4.90 Å². The fraction of sp³-hybridized carbons (Fsp3) is 0.333. The molecule has 7 heteroatoms. The van der Waals surface area contributed by atoms with Gasteiger partial charge in [-0.05, 0) is 17.7 Å². The van der Waals surface area contributed by atoms with E-state index in [-0.39, 0.29) is 0 Å². The maximum Gasteiger partial charge on any atom is 0.145 e. The minimum atomic E-state index is 0.474. The third-order valence-electron chi connectivity index (χ3n) is 4.59. The van der Waals surface area contributed by atoms with Gasteiger partial charge in [-0.25, -0.2) is 9.97 Å². The lowest BCUT2D eigenvalue weighted by atomic mass is 10.1. The Kier molecular flexibility index (Phi) is 4.57. The first kappa shape index (κ1) is 16.3. The van der Waals surface area contributed by atoms with Gasteiger partial charge in [-0.15, -0.1) is 0 Å². The van der Waals surface area contributed by atoms with Crippen LogP contribution in [0, 0.1) is 0 Å². The molecule has 0 bridgehead atoms. The normalized spacial score (nSPS) is 15.7. The molecule has 0 aliphatic carbocycles. The molecule has 1 aromatic carbocycles. The molecular weight excluding hydrogens is 338 g/mol. The zero-order chi connectivity index (χ0) is 17.2. The Balaban J connectivity index is 1.69. The van der Waals surface area contributed by atoms with Crippen molar-refractivity contribution in [2.24, 2.45) is 0 Å². The number of morpholine rings is 1. The number of fused-ring (bicyclic) bond motifs is 1. The molecule has 1 fully saturated rings. The van der Waals surface area contributed by atoms with E-state index in [1.807, 2.05) is 24.3 Å². The van der Waals surface area contributed by atoms with Gasteiger partial charge in [-0.1, -0.05) is 23.7 Å². The highest BCUT2D eigenvalue weighted by molar-refractivity contribution is 6.35. The number of aromatic nitrogens is 3. The molecular formula is C18H20ClN5O. The number of hydrogen-bond acceptors (Lipinski definition) is 5. The zero-order valence-electron chi connectivity index (χ0n) is 13.9. The first-order chi connectivity index (χ1) is 12.2. The molecule has 4 rings (SSSR count). The van der Waals surface area contributed by atoms with Crippen LogP contribution in [0.4, 0.5) is 5.69 Å². The van der Waals surface area contributed by atoms with Crippen LogP contribution >= 0.6 is 11.6 Å². The summed E-state index contributed by atoms with van der Waals surface area (Å²) in [5.74, 6) is 0. The number of anilines is 1. The molecule has 1 saturated heterocycles. The SMILES string of the molecule is Nc1ccc(-c2cn(CCN3CCOCC3)c3ncnc(Cl)c23)cc1. The van der Waals surface area contributed by atoms with Crippen LogP contribution in [0.3, 0.4) is 0 Å². The zero-order valence-corrected chi connectivity index (χ0v) is 14.6. The number of nitrogens with zero attached hydrogens (tertiary/aromatic N) is 4. The van der Waals surface area contributed by atoms with Gasteiger partial charge in [0.1, 0.15) is 17.1 Å². The molecule has 1 aliphatic heterocycles. The number of rotatable bonds is 4. The van der Waals surface area contributed by atoms with Crippen molar-refractivity contribution in [2.45, 2.75) is 6.54 Å². The van der Waals surface area contributed by atoms with Crippen molar-refractivity contribution < 1.29 is 4.74 Å². The van der Waals surface area contributed by atoms with Gasteiger partial charge in [0.05, 0.1) is 18.6 Å². The van der Waals surface area contributed by atoms with Crippen LogP contribution in [-0.2, 0) is 11.3 Å². The summed E-state index contributed by atoms with van der Waals surface area (Å²) in [6.45, 7) is 5.35. The van der Waals surface area contributed by atoms with Crippen LogP contribution < -0.4 is 5.73 Å². The van der Waals surface area contributed by atoms with Crippen molar-refractivity contribution in [1.82, 2.24) is 19.4 Å². The van der Waals surface area contributed by atoms with E-state index in [9.17, 15) is 0 Å². The Hall–Kier alpha value is -2.15. The minimum absolute atomic E-state index is 0.474. The highest BCUT2D eigenvalue weighted by atomic mass is 35.5. The van der Waals surface area contributed by atoms with Crippen molar-refractivity contribution in [1.29, 1.82) is 0 Å². The van der Waals surface area contributed by atoms with Crippen molar-refractivity contribution >= 4 is 28.3 Å². The molecule has 0 spiro atoms. The van der Waals surface area contributed by atoms with E-state index in [0.29, 0.717) is 5.15 Å². The standard InChI is InChI=1S/C18H20ClN5O/c19-17-16-15(13-1-3-14(20)4-2-13)11-24(18(16)22-12-21-17)6-5-23-7-9-25-10-8-23/h1-4,11-12H,5-10,20H2. The Morgan fingerprint density at radius 2 is 1.84 bits per heavy atom. The van der Waals surface area contributed by atoms with Gasteiger partial charge in [-0.2, -0.15) is 0 Å². The average Bonchev–Trinajstić information content (AvgIpc) is 3.02. The Bertz CT molecular complexity index is 871. The fourth-order valence-electron chi connectivity index (χ4n) is 3.21. The van der Waals surface area contributed by atoms with E-state index in [1.165, 1.54) is 6.33 Å². The molecule has 0 amide bonds. The van der Waals surface area contributed by atoms with E-state index in [1.54, 1.807) is 0 Å². The van der Waals surface area contributed by atoms with Crippen LogP contribution in [0.5, 0.6) is 0 Å². The summed E-state index contributed by atoms with van der Waals surface area (Å²) in [5, 5.41) is 1.36. The van der Waals surface area contributed by atoms with Gasteiger partial charge in [0.2, 0.25) is 0 Å². The van der Waals surface area contributed by atoms with E-state index in [0.717, 1.165) is 67.2 Å². The molecule has 0 unspecified atom stereocenters. The van der Waals surface area contributed by atoms with E-state index < -0.39 is 0 Å². The van der Waals surface area contributed by atoms with Crippen molar-refractivity contribution in [3.63, 3.8) is 0 Å². The van der Waals surface area contributed by atoms with E-state index in [4.69, 9.17) is 22.1 Å². The molecule has 3 aromatic rings. The van der Waals surface area contributed by atoms with Crippen molar-refractivity contribution in [3.05, 3.63) is 41.9 Å². The van der Waals surface area contributed by atoms with Gasteiger partial charge in [0, 0.05) is 43.6 Å². The van der Waals surface area contributed by atoms with Gasteiger partial charge in [0.25, 0.3) is 0 Å². The molecule has 3 heterocycles. The summed E-state index contributed by atoms with van der Waals surface area (Å²) in [5.41, 5.74) is 9.50. The lowest BCUT2D eigenvalue weighted by molar-refractivity contribution is 0.0365. The largest absolute Gasteiger partial charge is 0.399 e. The van der Waals surface area contributed by atoms with Crippen LogP contribution in [0.25, 0.3) is 22.2 Å². The summed E-state index contributed by atoms with van der Waals surface area (Å²) in [4.78, 5) is 11.0. The number of ether oxygens (including phenoxy) is 1. The smallest absolute Gasteiger partial charge is 0.145 e. The summed E-state index contributed by atoms with van der Waals surface area (Å²) < 4.78 is 7.57. The monoisotopic (exact) mass is 357 g/mol. The molecule has 25 heavy (non-hydrogen) atoms. The molecule has 0 atom stereocenters. The maximum atomic E-state index is 6.39. The topological polar surface area (TPSA) is 69.2 Å². The predicted molar refractivity (Wildman–Crippen MR) is 99.6 cm³/mol. The van der Waals surface area contributed by atoms with Crippen LogP contribution in [0.15, 0.2) is 36.8 Å². The minimum Gasteiger partial charge on any atom is -0.399 e. The lowest BCUT2D eigenvalue weighted by Gasteiger charge is -2.26. The second-order valence-corrected chi connectivity index (χ2v) is 6.53. The number of hydrogen-bond donors (Lipinski definition) is 1. The molecule has 6 nitrogen and oxygen atoms in total. The molecule has 2 N–H and O–H groups in total. The Labute approximate surface area is 151 Å². The molecule has 130 valence electrons. The van der Waals surface area contributed by atoms with Gasteiger partial charge >= 0.3 is 0 Å². The number of halogens is 1. The molecule has 0 radical (unpaired) electrons. The highest BCUT2D eigenvalue weighted by Gasteiger charge is 2.16. The third-order valence-corrected chi connectivity index (χ3v) is 4.88. The molecule has 0 saturated carbocycles. The third kappa shape index (κ3) is 3.33. The maximum absolute atomic E-state index is 6.39. The summed E-state index contributed by atoms with van der Waals surface area (Å²) in [6, 6.07) is 7.79. The first-order valence-electron chi connectivity index (χ1n) is 8.38. The van der Waals surface area contributed by atoms with Crippen molar-refractivity contribution in [2.75, 3.05) is 38.6 Å². The Morgan fingerprint density at radius 1 is 1.08 bits per heavy atom. The second kappa shape index (κ2) is 7.00. The predicted octanol–water partition coefficient (Wildman–Crippen LogP) is 2.67. The summed E-state index contributed by atoms with van der Waals surface area (Å²) in [6.07, 6.45) is 3.62. The first-order valence-corrected chi connectivity index (χ1v) is 8.75. The van der Waals surface area contributed by atoms with Crippen LogP contribution in [0.1, 0.15) is 0 Å². The van der Waals surface area contributed by atoms with Crippen LogP contribution in [-0.4, -0.2) is 52.3 Å². The summed E-state index contributed by atoms with van der Waals surface area (Å²) in [7, 11) is 0. The second-order valence-electron chi connectivity index (χ2n) is 6.18. The average molecular weight is 358 g/mol. The summed E-state index contributed by atoms with van der Waals surface area (Å²) >= 11 is 6.39. The number of benzene rings is 1. The Morgan fingerprint density at radius 3 is 2.60 bits per heavy atom. The van der Waals surface area contributed by atoms with E-state index >= 15 is 0 Å². The van der Waals surface area contributed by atoms with Crippen molar-refractivity contribution in [3.8, 4) is 11.1 Å².